The van der Waals surface area contributed by atoms with Gasteiger partial charge in [0.05, 0.1) is 0 Å². The van der Waals surface area contributed by atoms with Crippen molar-refractivity contribution < 1.29 is 14.3 Å². The summed E-state index contributed by atoms with van der Waals surface area (Å²) in [6.07, 6.45) is 1.26. The fourth-order valence-corrected chi connectivity index (χ4v) is 2.65. The van der Waals surface area contributed by atoms with Gasteiger partial charge in [-0.3, -0.25) is 0 Å². The lowest BCUT2D eigenvalue weighted by molar-refractivity contribution is 0.0692. The van der Waals surface area contributed by atoms with E-state index >= 15 is 0 Å². The molecular formula is C14H9FN2O2S. The first-order chi connectivity index (χ1) is 9.65. The van der Waals surface area contributed by atoms with E-state index in [-0.39, 0.29) is 5.82 Å². The highest BCUT2D eigenvalue weighted by Crippen LogP contribution is 2.26. The standard InChI is InChI=1S/C14H9FN2O2S/c15-12-10(14(18)19)3-5-16-13(12)17-9-1-2-11-8(7-9)4-6-20-11/h1-7H,(H,16,17)(H,18,19). The van der Waals surface area contributed by atoms with Gasteiger partial charge in [0.25, 0.3) is 0 Å². The number of nitrogens with zero attached hydrogens (tertiary/aromatic N) is 1. The number of carboxylic acid groups (broad SMARTS) is 1. The fraction of sp³-hybridized carbons (Fsp3) is 0. The maximum absolute atomic E-state index is 14.0. The van der Waals surface area contributed by atoms with Crippen LogP contribution in [0.1, 0.15) is 10.4 Å². The number of hydrogen-bond donors (Lipinski definition) is 2. The van der Waals surface area contributed by atoms with Crippen LogP contribution in [-0.4, -0.2) is 16.1 Å². The molecule has 0 unspecified atom stereocenters. The Morgan fingerprint density at radius 1 is 1.30 bits per heavy atom. The number of fused-ring (bicyclic) bond motifs is 1. The summed E-state index contributed by atoms with van der Waals surface area (Å²) in [5.74, 6) is -2.29. The molecule has 2 N–H and O–H groups in total. The summed E-state index contributed by atoms with van der Waals surface area (Å²) in [5.41, 5.74) is 0.254. The van der Waals surface area contributed by atoms with Crippen molar-refractivity contribution in [1.82, 2.24) is 4.98 Å². The molecule has 0 atom stereocenters. The van der Waals surface area contributed by atoms with Crippen molar-refractivity contribution >= 4 is 38.9 Å². The third-order valence-corrected chi connectivity index (χ3v) is 3.73. The minimum atomic E-state index is -1.32. The first-order valence-electron chi connectivity index (χ1n) is 5.77. The maximum Gasteiger partial charge on any atom is 0.338 e. The van der Waals surface area contributed by atoms with E-state index in [0.29, 0.717) is 5.69 Å². The third kappa shape index (κ3) is 2.21. The Kier molecular flexibility index (Phi) is 3.08. The van der Waals surface area contributed by atoms with Crippen molar-refractivity contribution in [2.75, 3.05) is 5.32 Å². The van der Waals surface area contributed by atoms with E-state index in [4.69, 9.17) is 5.11 Å². The van der Waals surface area contributed by atoms with Gasteiger partial charge in [-0.05, 0) is 41.1 Å². The topological polar surface area (TPSA) is 62.2 Å². The van der Waals surface area contributed by atoms with Crippen molar-refractivity contribution in [3.63, 3.8) is 0 Å². The zero-order chi connectivity index (χ0) is 14.1. The fourth-order valence-electron chi connectivity index (χ4n) is 1.88. The van der Waals surface area contributed by atoms with Crippen molar-refractivity contribution in [3.8, 4) is 0 Å². The van der Waals surface area contributed by atoms with Crippen molar-refractivity contribution in [2.24, 2.45) is 0 Å². The molecule has 20 heavy (non-hydrogen) atoms. The van der Waals surface area contributed by atoms with Crippen LogP contribution in [0.2, 0.25) is 0 Å². The van der Waals surface area contributed by atoms with Gasteiger partial charge in [0, 0.05) is 16.6 Å². The smallest absolute Gasteiger partial charge is 0.338 e. The number of carbonyl (C=O) groups is 1. The van der Waals surface area contributed by atoms with Gasteiger partial charge in [0.15, 0.2) is 11.6 Å². The molecule has 0 spiro atoms. The zero-order valence-corrected chi connectivity index (χ0v) is 10.9. The largest absolute Gasteiger partial charge is 0.478 e. The second-order valence-corrected chi connectivity index (χ2v) is 5.07. The molecule has 0 aliphatic carbocycles. The monoisotopic (exact) mass is 288 g/mol. The number of nitrogens with one attached hydrogen (secondary N) is 1. The Bertz CT molecular complexity index is 801. The van der Waals surface area contributed by atoms with E-state index in [1.807, 2.05) is 23.6 Å². The molecule has 3 aromatic rings. The first kappa shape index (κ1) is 12.6. The Balaban J connectivity index is 1.98. The van der Waals surface area contributed by atoms with Gasteiger partial charge >= 0.3 is 5.97 Å². The van der Waals surface area contributed by atoms with Crippen molar-refractivity contribution in [2.45, 2.75) is 0 Å². The summed E-state index contributed by atoms with van der Waals surface area (Å²) in [5, 5.41) is 14.7. The lowest BCUT2D eigenvalue weighted by Crippen LogP contribution is -2.05. The van der Waals surface area contributed by atoms with Crippen LogP contribution < -0.4 is 5.32 Å². The van der Waals surface area contributed by atoms with Crippen LogP contribution in [0.3, 0.4) is 0 Å². The van der Waals surface area contributed by atoms with E-state index in [1.54, 1.807) is 17.4 Å². The quantitative estimate of drug-likeness (QED) is 0.767. The van der Waals surface area contributed by atoms with E-state index in [9.17, 15) is 9.18 Å². The summed E-state index contributed by atoms with van der Waals surface area (Å²) in [7, 11) is 0. The zero-order valence-electron chi connectivity index (χ0n) is 10.1. The van der Waals surface area contributed by atoms with E-state index in [2.05, 4.69) is 10.3 Å². The minimum Gasteiger partial charge on any atom is -0.478 e. The van der Waals surface area contributed by atoms with E-state index < -0.39 is 17.3 Å². The number of benzene rings is 1. The van der Waals surface area contributed by atoms with Crippen LogP contribution in [0.25, 0.3) is 10.1 Å². The predicted molar refractivity (Wildman–Crippen MR) is 76.3 cm³/mol. The molecule has 0 fully saturated rings. The number of aromatic nitrogens is 1. The number of anilines is 2. The third-order valence-electron chi connectivity index (χ3n) is 2.83. The van der Waals surface area contributed by atoms with Crippen LogP contribution >= 0.6 is 11.3 Å². The molecule has 0 saturated carbocycles. The summed E-state index contributed by atoms with van der Waals surface area (Å²) in [6.45, 7) is 0. The van der Waals surface area contributed by atoms with E-state index in [0.717, 1.165) is 16.2 Å². The van der Waals surface area contributed by atoms with Crippen LogP contribution in [0, 0.1) is 5.82 Å². The molecule has 0 aliphatic rings. The Morgan fingerprint density at radius 3 is 2.95 bits per heavy atom. The number of hydrogen-bond acceptors (Lipinski definition) is 4. The van der Waals surface area contributed by atoms with Crippen molar-refractivity contribution in [3.05, 3.63) is 53.3 Å². The summed E-state index contributed by atoms with van der Waals surface area (Å²) < 4.78 is 15.1. The highest BCUT2D eigenvalue weighted by molar-refractivity contribution is 7.17. The Morgan fingerprint density at radius 2 is 2.15 bits per heavy atom. The first-order valence-corrected chi connectivity index (χ1v) is 6.65. The van der Waals surface area contributed by atoms with Gasteiger partial charge in [0.1, 0.15) is 5.56 Å². The van der Waals surface area contributed by atoms with E-state index in [1.165, 1.54) is 6.20 Å². The number of halogens is 1. The summed E-state index contributed by atoms with van der Waals surface area (Å²) >= 11 is 1.62. The molecule has 4 nitrogen and oxygen atoms in total. The second kappa shape index (κ2) is 4.90. The molecule has 0 radical (unpaired) electrons. The average molecular weight is 288 g/mol. The molecule has 1 aromatic carbocycles. The molecule has 6 heteroatoms. The van der Waals surface area contributed by atoms with Crippen LogP contribution in [0.4, 0.5) is 15.9 Å². The van der Waals surface area contributed by atoms with Gasteiger partial charge in [-0.15, -0.1) is 11.3 Å². The van der Waals surface area contributed by atoms with Crippen molar-refractivity contribution in [1.29, 1.82) is 0 Å². The van der Waals surface area contributed by atoms with Gasteiger partial charge < -0.3 is 10.4 Å². The Labute approximate surface area is 117 Å². The minimum absolute atomic E-state index is 0.0977. The number of rotatable bonds is 3. The molecule has 100 valence electrons. The molecule has 2 aromatic heterocycles. The van der Waals surface area contributed by atoms with Crippen LogP contribution in [0.15, 0.2) is 41.9 Å². The lowest BCUT2D eigenvalue weighted by atomic mass is 10.2. The number of thiophene rings is 1. The highest BCUT2D eigenvalue weighted by atomic mass is 32.1. The van der Waals surface area contributed by atoms with Gasteiger partial charge in [-0.2, -0.15) is 0 Å². The average Bonchev–Trinajstić information content (AvgIpc) is 2.88. The summed E-state index contributed by atoms with van der Waals surface area (Å²) in [4.78, 5) is 14.7. The highest BCUT2D eigenvalue weighted by Gasteiger charge is 2.15. The summed E-state index contributed by atoms with van der Waals surface area (Å²) in [6, 6.07) is 8.67. The molecule has 0 aliphatic heterocycles. The van der Waals surface area contributed by atoms with Gasteiger partial charge in [0.2, 0.25) is 0 Å². The Hall–Kier alpha value is -2.47. The maximum atomic E-state index is 14.0. The lowest BCUT2D eigenvalue weighted by Gasteiger charge is -2.08. The molecule has 3 rings (SSSR count). The number of aromatic carboxylic acids is 1. The molecule has 2 heterocycles. The number of pyridine rings is 1. The van der Waals surface area contributed by atoms with Crippen LogP contribution in [0.5, 0.6) is 0 Å². The van der Waals surface area contributed by atoms with Crippen LogP contribution in [-0.2, 0) is 0 Å². The second-order valence-electron chi connectivity index (χ2n) is 4.12. The number of carboxylic acids is 1. The normalized spacial score (nSPS) is 10.7. The van der Waals surface area contributed by atoms with Gasteiger partial charge in [-0.25, -0.2) is 14.2 Å². The molecule has 0 saturated heterocycles. The molecule has 0 amide bonds. The van der Waals surface area contributed by atoms with Gasteiger partial charge in [-0.1, -0.05) is 0 Å². The molecular weight excluding hydrogens is 279 g/mol. The molecule has 0 bridgehead atoms. The predicted octanol–water partition coefficient (Wildman–Crippen LogP) is 3.88. The SMILES string of the molecule is O=C(O)c1ccnc(Nc2ccc3sccc3c2)c1F.